The van der Waals surface area contributed by atoms with Crippen molar-refractivity contribution in [2.75, 3.05) is 37.7 Å². The van der Waals surface area contributed by atoms with Crippen LogP contribution in [0.1, 0.15) is 44.1 Å². The standard InChI is InChI=1S/C35H37N5O3/c1-3-22-7-4-8-23-15-26(41)16-27(32(22)23)28-17-30(42)33-29(38(28)2)18-31(43-21-35-11-5-13-40(35)14-6-12-35)37-34(33)39-19-24-9-10-25(20-39)36-24/h1,4,7-8,15-18,24-25,36,41H,5-6,9-14,19-21H2,2H3. The van der Waals surface area contributed by atoms with Gasteiger partial charge in [-0.25, -0.2) is 0 Å². The van der Waals surface area contributed by atoms with E-state index in [1.54, 1.807) is 18.2 Å². The van der Waals surface area contributed by atoms with E-state index >= 15 is 0 Å². The van der Waals surface area contributed by atoms with Crippen LogP contribution in [0.15, 0.2) is 47.3 Å². The van der Waals surface area contributed by atoms with Gasteiger partial charge in [-0.15, -0.1) is 6.42 Å². The second-order valence-corrected chi connectivity index (χ2v) is 12.9. The molecule has 2 aromatic carbocycles. The summed E-state index contributed by atoms with van der Waals surface area (Å²) in [6.07, 6.45) is 12.9. The fraction of sp³-hybridized carbons (Fsp3) is 0.429. The summed E-state index contributed by atoms with van der Waals surface area (Å²) >= 11 is 0. The molecule has 2 unspecified atom stereocenters. The molecule has 220 valence electrons. The highest BCUT2D eigenvalue weighted by Gasteiger charge is 2.45. The number of nitrogens with one attached hydrogen (secondary N) is 1. The Morgan fingerprint density at radius 1 is 1.09 bits per heavy atom. The minimum Gasteiger partial charge on any atom is -0.508 e. The number of aromatic hydroxyl groups is 1. The largest absolute Gasteiger partial charge is 0.508 e. The Labute approximate surface area is 251 Å². The maximum absolute atomic E-state index is 14.1. The first-order chi connectivity index (χ1) is 20.9. The number of hydrogen-bond donors (Lipinski definition) is 2. The lowest BCUT2D eigenvalue weighted by atomic mass is 9.95. The summed E-state index contributed by atoms with van der Waals surface area (Å²) in [4.78, 5) is 24.1. The smallest absolute Gasteiger partial charge is 0.217 e. The van der Waals surface area contributed by atoms with Crippen molar-refractivity contribution >= 4 is 27.5 Å². The van der Waals surface area contributed by atoms with E-state index in [2.05, 4.69) is 21.0 Å². The number of aryl methyl sites for hydroxylation is 1. The first kappa shape index (κ1) is 26.6. The average Bonchev–Trinajstić information content (AvgIpc) is 3.70. The van der Waals surface area contributed by atoms with E-state index in [9.17, 15) is 9.90 Å². The molecule has 2 aromatic heterocycles. The molecule has 2 bridgehead atoms. The van der Waals surface area contributed by atoms with Gasteiger partial charge in [-0.1, -0.05) is 18.1 Å². The molecule has 8 heteroatoms. The molecule has 0 saturated carbocycles. The molecular formula is C35H37N5O3. The Bertz CT molecular complexity index is 1850. The van der Waals surface area contributed by atoms with E-state index in [0.717, 1.165) is 73.7 Å². The quantitative estimate of drug-likeness (QED) is 0.342. The summed E-state index contributed by atoms with van der Waals surface area (Å²) < 4.78 is 8.62. The van der Waals surface area contributed by atoms with Crippen LogP contribution >= 0.6 is 0 Å². The number of anilines is 1. The number of pyridine rings is 2. The number of phenols is 1. The maximum Gasteiger partial charge on any atom is 0.217 e. The number of benzene rings is 2. The molecule has 4 saturated heterocycles. The van der Waals surface area contributed by atoms with Gasteiger partial charge in [0.25, 0.3) is 0 Å². The number of aromatic nitrogens is 2. The second kappa shape index (κ2) is 10.0. The molecule has 2 atom stereocenters. The van der Waals surface area contributed by atoms with Gasteiger partial charge in [0, 0.05) is 60.9 Å². The van der Waals surface area contributed by atoms with E-state index in [4.69, 9.17) is 16.1 Å². The van der Waals surface area contributed by atoms with Crippen molar-refractivity contribution in [1.29, 1.82) is 0 Å². The minimum absolute atomic E-state index is 0.0881. The van der Waals surface area contributed by atoms with Gasteiger partial charge in [0.1, 0.15) is 18.2 Å². The van der Waals surface area contributed by atoms with Crippen LogP contribution in [0.3, 0.4) is 0 Å². The van der Waals surface area contributed by atoms with Crippen LogP contribution in [-0.2, 0) is 7.05 Å². The highest BCUT2D eigenvalue weighted by molar-refractivity contribution is 6.02. The fourth-order valence-corrected chi connectivity index (χ4v) is 8.35. The lowest BCUT2D eigenvalue weighted by Gasteiger charge is -2.35. The van der Waals surface area contributed by atoms with E-state index < -0.39 is 0 Å². The Morgan fingerprint density at radius 3 is 2.60 bits per heavy atom. The van der Waals surface area contributed by atoms with Gasteiger partial charge in [0.05, 0.1) is 22.1 Å². The minimum atomic E-state index is -0.103. The molecule has 43 heavy (non-hydrogen) atoms. The van der Waals surface area contributed by atoms with E-state index in [0.29, 0.717) is 47.0 Å². The van der Waals surface area contributed by atoms with Gasteiger partial charge < -0.3 is 24.6 Å². The normalized spacial score (nSPS) is 22.7. The number of hydrogen-bond acceptors (Lipinski definition) is 7. The van der Waals surface area contributed by atoms with Crippen LogP contribution in [0, 0.1) is 12.3 Å². The zero-order valence-corrected chi connectivity index (χ0v) is 24.6. The monoisotopic (exact) mass is 575 g/mol. The molecule has 0 radical (unpaired) electrons. The lowest BCUT2D eigenvalue weighted by Crippen LogP contribution is -2.51. The fourth-order valence-electron chi connectivity index (χ4n) is 8.35. The van der Waals surface area contributed by atoms with Crippen molar-refractivity contribution in [3.8, 4) is 35.2 Å². The van der Waals surface area contributed by atoms with Crippen molar-refractivity contribution in [2.24, 2.45) is 7.05 Å². The average molecular weight is 576 g/mol. The van der Waals surface area contributed by atoms with Gasteiger partial charge in [-0.05, 0) is 75.2 Å². The molecule has 8 nitrogen and oxygen atoms in total. The molecule has 4 aliphatic rings. The molecule has 4 fully saturated rings. The Balaban J connectivity index is 1.31. The van der Waals surface area contributed by atoms with Crippen LogP contribution in [0.2, 0.25) is 0 Å². The second-order valence-electron chi connectivity index (χ2n) is 12.9. The molecule has 4 aromatic rings. The van der Waals surface area contributed by atoms with Crippen LogP contribution in [-0.4, -0.2) is 70.0 Å². The SMILES string of the molecule is C#Cc1cccc2cc(O)cc(-c3cc(=O)c4c(N5CC6CCC(C5)N6)nc(OCC56CCCN5CCC6)cc4n3C)c12. The summed E-state index contributed by atoms with van der Waals surface area (Å²) in [6.45, 7) is 4.51. The summed E-state index contributed by atoms with van der Waals surface area (Å²) in [5.74, 6) is 4.17. The van der Waals surface area contributed by atoms with Crippen molar-refractivity contribution in [3.63, 3.8) is 0 Å². The van der Waals surface area contributed by atoms with Crippen molar-refractivity contribution in [3.05, 3.63) is 58.3 Å². The highest BCUT2D eigenvalue weighted by atomic mass is 16.5. The number of terminal acetylenes is 1. The molecular weight excluding hydrogens is 538 g/mol. The maximum atomic E-state index is 14.1. The number of piperazine rings is 1. The van der Waals surface area contributed by atoms with E-state index in [-0.39, 0.29) is 16.7 Å². The molecule has 0 aliphatic carbocycles. The van der Waals surface area contributed by atoms with Crippen molar-refractivity contribution in [2.45, 2.75) is 56.1 Å². The zero-order valence-electron chi connectivity index (χ0n) is 24.6. The molecule has 2 N–H and O–H groups in total. The summed E-state index contributed by atoms with van der Waals surface area (Å²) in [7, 11) is 1.97. The van der Waals surface area contributed by atoms with E-state index in [1.807, 2.05) is 35.9 Å². The van der Waals surface area contributed by atoms with E-state index in [1.165, 1.54) is 12.8 Å². The van der Waals surface area contributed by atoms with Gasteiger partial charge in [-0.2, -0.15) is 4.98 Å². The van der Waals surface area contributed by atoms with Crippen LogP contribution in [0.4, 0.5) is 5.82 Å². The number of rotatable bonds is 5. The number of ether oxygens (including phenoxy) is 1. The predicted molar refractivity (Wildman–Crippen MR) is 170 cm³/mol. The third-order valence-corrected chi connectivity index (χ3v) is 10.4. The third kappa shape index (κ3) is 4.29. The highest BCUT2D eigenvalue weighted by Crippen LogP contribution is 2.40. The van der Waals surface area contributed by atoms with Crippen LogP contribution in [0.5, 0.6) is 11.6 Å². The molecule has 6 heterocycles. The number of fused-ring (bicyclic) bond motifs is 5. The molecule has 8 rings (SSSR count). The Morgan fingerprint density at radius 2 is 1.86 bits per heavy atom. The molecule has 4 aliphatic heterocycles. The van der Waals surface area contributed by atoms with Gasteiger partial charge in [0.15, 0.2) is 5.43 Å². The van der Waals surface area contributed by atoms with Gasteiger partial charge >= 0.3 is 0 Å². The third-order valence-electron chi connectivity index (χ3n) is 10.4. The summed E-state index contributed by atoms with van der Waals surface area (Å²) in [6, 6.07) is 13.5. The topological polar surface area (TPSA) is 82.9 Å². The zero-order chi connectivity index (χ0) is 29.3. The van der Waals surface area contributed by atoms with Crippen LogP contribution < -0.4 is 20.4 Å². The Hall–Kier alpha value is -4.06. The first-order valence-corrected chi connectivity index (χ1v) is 15.6. The molecule has 0 spiro atoms. The summed E-state index contributed by atoms with van der Waals surface area (Å²) in [5, 5.41) is 16.6. The summed E-state index contributed by atoms with van der Waals surface area (Å²) in [5.41, 5.74) is 2.86. The van der Waals surface area contributed by atoms with Gasteiger partial charge in [0.2, 0.25) is 5.88 Å². The van der Waals surface area contributed by atoms with Crippen molar-refractivity contribution < 1.29 is 9.84 Å². The Kier molecular flexibility index (Phi) is 6.18. The first-order valence-electron chi connectivity index (χ1n) is 15.6. The predicted octanol–water partition coefficient (Wildman–Crippen LogP) is 4.39. The van der Waals surface area contributed by atoms with Crippen LogP contribution in [0.25, 0.3) is 32.9 Å². The van der Waals surface area contributed by atoms with Gasteiger partial charge in [-0.3, -0.25) is 9.69 Å². The number of nitrogens with zero attached hydrogens (tertiary/aromatic N) is 4. The lowest BCUT2D eigenvalue weighted by molar-refractivity contribution is 0.111. The number of phenolic OH excluding ortho intramolecular Hbond substituents is 1. The van der Waals surface area contributed by atoms with Crippen molar-refractivity contribution in [1.82, 2.24) is 19.8 Å². The molecule has 0 amide bonds.